The molecule has 0 N–H and O–H groups in total. The lowest BCUT2D eigenvalue weighted by molar-refractivity contribution is 0.546. The van der Waals surface area contributed by atoms with E-state index in [2.05, 4.69) is 67.9 Å². The molecule has 0 amide bonds. The van der Waals surface area contributed by atoms with Gasteiger partial charge in [0.25, 0.3) is 0 Å². The fraction of sp³-hybridized carbons (Fsp3) is 0.556. The monoisotopic (exact) mass is 252 g/mol. The summed E-state index contributed by atoms with van der Waals surface area (Å²) in [5, 5.41) is 0. The zero-order valence-corrected chi connectivity index (χ0v) is 13.9. The molecular weight excluding hydrogens is 216 g/mol. The second-order valence-electron chi connectivity index (χ2n) is 5.16. The van der Waals surface area contributed by atoms with Crippen LogP contribution in [0.1, 0.15) is 54.9 Å². The van der Waals surface area contributed by atoms with Crippen LogP contribution in [0.25, 0.3) is 0 Å². The topological polar surface area (TPSA) is 0 Å². The minimum Gasteiger partial charge on any atom is -0.103 e. The summed E-state index contributed by atoms with van der Waals surface area (Å²) in [5.41, 5.74) is 0.306. The maximum absolute atomic E-state index is 3.63. The molecular formula is C18H36. The lowest BCUT2D eigenvalue weighted by Gasteiger charge is -2.08. The van der Waals surface area contributed by atoms with Crippen LogP contribution in [0.3, 0.4) is 0 Å². The van der Waals surface area contributed by atoms with Gasteiger partial charge in [-0.05, 0) is 24.7 Å². The van der Waals surface area contributed by atoms with Crippen molar-refractivity contribution in [1.82, 2.24) is 0 Å². The molecule has 0 spiro atoms. The molecule has 0 aromatic rings. The van der Waals surface area contributed by atoms with E-state index >= 15 is 0 Å². The Balaban J connectivity index is -0.0000000750. The molecule has 0 heterocycles. The molecule has 108 valence electrons. The summed E-state index contributed by atoms with van der Waals surface area (Å²) < 4.78 is 0. The van der Waals surface area contributed by atoms with Crippen molar-refractivity contribution >= 4 is 0 Å². The van der Waals surface area contributed by atoms with Gasteiger partial charge in [0.2, 0.25) is 0 Å². The van der Waals surface area contributed by atoms with Gasteiger partial charge in [0.1, 0.15) is 0 Å². The van der Waals surface area contributed by atoms with Crippen LogP contribution >= 0.6 is 0 Å². The molecule has 0 unspecified atom stereocenters. The predicted molar refractivity (Wildman–Crippen MR) is 91.0 cm³/mol. The van der Waals surface area contributed by atoms with Crippen LogP contribution < -0.4 is 0 Å². The van der Waals surface area contributed by atoms with Crippen LogP contribution in [-0.2, 0) is 0 Å². The molecule has 0 saturated carbocycles. The first-order valence-corrected chi connectivity index (χ1v) is 6.60. The lowest BCUT2D eigenvalue weighted by Crippen LogP contribution is -1.96. The van der Waals surface area contributed by atoms with E-state index in [1.165, 1.54) is 0 Å². The highest BCUT2D eigenvalue weighted by molar-refractivity contribution is 4.82. The summed E-state index contributed by atoms with van der Waals surface area (Å²) in [6.07, 6.45) is 8.56. The molecule has 0 aliphatic heterocycles. The quantitative estimate of drug-likeness (QED) is 0.473. The molecule has 0 aromatic carbocycles. The average Bonchev–Trinajstić information content (AvgIpc) is 2.30. The van der Waals surface area contributed by atoms with Gasteiger partial charge in [-0.15, -0.1) is 26.3 Å². The largest absolute Gasteiger partial charge is 0.103 e. The summed E-state index contributed by atoms with van der Waals surface area (Å²) in [6.45, 7) is 28.6. The SMILES string of the molecule is C=CC.C=CC(C)(C)C.C=CC(C)C.C=CCC. The molecule has 0 aromatic heterocycles. The Morgan fingerprint density at radius 3 is 1.17 bits per heavy atom. The highest BCUT2D eigenvalue weighted by atomic mass is 14.0. The number of hydrogen-bond acceptors (Lipinski definition) is 0. The molecule has 0 atom stereocenters. The number of rotatable bonds is 2. The standard InChI is InChI=1S/C6H12.C5H10.C4H8.C3H6/c1-5-6(2,3)4;1-4-5(2)3;1-3-4-2;1-3-2/h5H,1H2,2-4H3;4-5H,1H2,2-3H3;3H,1,4H2,2H3;3H,1H2,2H3. The Morgan fingerprint density at radius 2 is 1.17 bits per heavy atom. The normalized spacial score (nSPS) is 8.22. The van der Waals surface area contributed by atoms with E-state index in [1.807, 2.05) is 25.2 Å². The van der Waals surface area contributed by atoms with Crippen LogP contribution in [0.2, 0.25) is 0 Å². The van der Waals surface area contributed by atoms with Gasteiger partial charge in [0, 0.05) is 0 Å². The van der Waals surface area contributed by atoms with Crippen molar-refractivity contribution in [3.05, 3.63) is 50.6 Å². The molecule has 0 aliphatic carbocycles. The average molecular weight is 252 g/mol. The van der Waals surface area contributed by atoms with Gasteiger partial charge in [0.15, 0.2) is 0 Å². The summed E-state index contributed by atoms with van der Waals surface area (Å²) in [7, 11) is 0. The molecule has 18 heavy (non-hydrogen) atoms. The minimum absolute atomic E-state index is 0.306. The van der Waals surface area contributed by atoms with E-state index in [9.17, 15) is 0 Å². The van der Waals surface area contributed by atoms with Gasteiger partial charge in [-0.25, -0.2) is 0 Å². The van der Waals surface area contributed by atoms with Gasteiger partial charge >= 0.3 is 0 Å². The Morgan fingerprint density at radius 1 is 1.00 bits per heavy atom. The number of hydrogen-bond donors (Lipinski definition) is 0. The second-order valence-corrected chi connectivity index (χ2v) is 5.16. The highest BCUT2D eigenvalue weighted by Gasteiger charge is 1.99. The fourth-order valence-electron chi connectivity index (χ4n) is 0. The van der Waals surface area contributed by atoms with Crippen molar-refractivity contribution in [2.24, 2.45) is 11.3 Å². The molecule has 0 aliphatic rings. The first-order chi connectivity index (χ1) is 8.16. The van der Waals surface area contributed by atoms with Gasteiger partial charge in [0.05, 0.1) is 0 Å². The van der Waals surface area contributed by atoms with E-state index in [1.54, 1.807) is 6.08 Å². The van der Waals surface area contributed by atoms with Crippen LogP contribution in [0.4, 0.5) is 0 Å². The van der Waals surface area contributed by atoms with Crippen LogP contribution in [-0.4, -0.2) is 0 Å². The van der Waals surface area contributed by atoms with Gasteiger partial charge in [-0.3, -0.25) is 0 Å². The molecule has 0 saturated heterocycles. The molecule has 0 heteroatoms. The number of allylic oxidation sites excluding steroid dienone is 4. The summed E-state index contributed by atoms with van der Waals surface area (Å²) in [5.74, 6) is 0.648. The smallest absolute Gasteiger partial charge is 0.0206 e. The fourth-order valence-corrected chi connectivity index (χ4v) is 0. The van der Waals surface area contributed by atoms with Gasteiger partial charge in [-0.1, -0.05) is 65.8 Å². The van der Waals surface area contributed by atoms with Crippen molar-refractivity contribution in [1.29, 1.82) is 0 Å². The zero-order valence-electron chi connectivity index (χ0n) is 13.9. The Bertz CT molecular complexity index is 177. The third-order valence-corrected chi connectivity index (χ3v) is 1.37. The van der Waals surface area contributed by atoms with E-state index < -0.39 is 0 Å². The summed E-state index contributed by atoms with van der Waals surface area (Å²) >= 11 is 0. The zero-order chi connectivity index (χ0) is 15.6. The van der Waals surface area contributed by atoms with E-state index in [0.717, 1.165) is 6.42 Å². The third kappa shape index (κ3) is 119. The first-order valence-electron chi connectivity index (χ1n) is 6.60. The minimum atomic E-state index is 0.306. The maximum atomic E-state index is 3.63. The Labute approximate surface area is 117 Å². The Kier molecular flexibility index (Phi) is 30.4. The van der Waals surface area contributed by atoms with E-state index in [4.69, 9.17) is 0 Å². The second kappa shape index (κ2) is 21.3. The summed E-state index contributed by atoms with van der Waals surface area (Å²) in [4.78, 5) is 0. The van der Waals surface area contributed by atoms with Gasteiger partial charge in [-0.2, -0.15) is 0 Å². The molecule has 0 nitrogen and oxygen atoms in total. The van der Waals surface area contributed by atoms with Crippen molar-refractivity contribution in [2.45, 2.75) is 54.9 Å². The van der Waals surface area contributed by atoms with Crippen molar-refractivity contribution < 1.29 is 0 Å². The Hall–Kier alpha value is -1.04. The molecule has 0 rings (SSSR count). The van der Waals surface area contributed by atoms with Crippen LogP contribution in [0.15, 0.2) is 50.6 Å². The molecule has 0 bridgehead atoms. The van der Waals surface area contributed by atoms with Crippen LogP contribution in [0, 0.1) is 11.3 Å². The molecule has 0 radical (unpaired) electrons. The third-order valence-electron chi connectivity index (χ3n) is 1.37. The van der Waals surface area contributed by atoms with Gasteiger partial charge < -0.3 is 0 Å². The lowest BCUT2D eigenvalue weighted by atomic mass is 9.98. The van der Waals surface area contributed by atoms with Crippen molar-refractivity contribution in [3.63, 3.8) is 0 Å². The van der Waals surface area contributed by atoms with E-state index in [0.29, 0.717) is 11.3 Å². The first kappa shape index (κ1) is 25.7. The highest BCUT2D eigenvalue weighted by Crippen LogP contribution is 2.11. The van der Waals surface area contributed by atoms with Crippen molar-refractivity contribution in [2.75, 3.05) is 0 Å². The maximum Gasteiger partial charge on any atom is -0.0206 e. The predicted octanol–water partition coefficient (Wildman–Crippen LogP) is 6.82. The summed E-state index contributed by atoms with van der Waals surface area (Å²) in [6, 6.07) is 0. The van der Waals surface area contributed by atoms with Crippen molar-refractivity contribution in [3.8, 4) is 0 Å². The van der Waals surface area contributed by atoms with E-state index in [-0.39, 0.29) is 0 Å². The van der Waals surface area contributed by atoms with Crippen LogP contribution in [0.5, 0.6) is 0 Å². The molecule has 0 fully saturated rings.